The van der Waals surface area contributed by atoms with Crippen molar-refractivity contribution in [2.24, 2.45) is 7.05 Å². The molecule has 37 heavy (non-hydrogen) atoms. The van der Waals surface area contributed by atoms with Gasteiger partial charge >= 0.3 is 0 Å². The summed E-state index contributed by atoms with van der Waals surface area (Å²) >= 11 is 6.18. The Morgan fingerprint density at radius 2 is 1.65 bits per heavy atom. The number of aromatic nitrogens is 2. The van der Waals surface area contributed by atoms with Gasteiger partial charge in [0.05, 0.1) is 29.1 Å². The van der Waals surface area contributed by atoms with Crippen molar-refractivity contribution in [2.75, 3.05) is 23.3 Å². The van der Waals surface area contributed by atoms with Crippen molar-refractivity contribution < 1.29 is 17.9 Å². The smallest absolute Gasteiger partial charge is 0.295 e. The summed E-state index contributed by atoms with van der Waals surface area (Å²) in [6.07, 6.45) is 0. The minimum atomic E-state index is -4.21. The summed E-state index contributed by atoms with van der Waals surface area (Å²) in [6, 6.07) is 21.2. The summed E-state index contributed by atoms with van der Waals surface area (Å²) in [4.78, 5) is 26.5. The van der Waals surface area contributed by atoms with Gasteiger partial charge in [0.2, 0.25) is 5.91 Å². The van der Waals surface area contributed by atoms with E-state index in [-0.39, 0.29) is 27.0 Å². The third-order valence-electron chi connectivity index (χ3n) is 5.85. The topological polar surface area (TPSA) is 103 Å². The summed E-state index contributed by atoms with van der Waals surface area (Å²) in [5.41, 5.74) is 0.805. The third-order valence-corrected chi connectivity index (χ3v) is 7.86. The molecular weight excluding hydrogens is 516 g/mol. The fraction of sp³-hybridized carbons (Fsp3) is 0.154. The second-order valence-electron chi connectivity index (χ2n) is 8.13. The molecule has 9 nitrogen and oxygen atoms in total. The number of benzene rings is 3. The molecule has 0 aliphatic carbocycles. The first kappa shape index (κ1) is 26.1. The quantitative estimate of drug-likeness (QED) is 0.364. The molecule has 11 heteroatoms. The lowest BCUT2D eigenvalue weighted by Gasteiger charge is -2.25. The summed E-state index contributed by atoms with van der Waals surface area (Å²) < 4.78 is 36.6. The predicted molar refractivity (Wildman–Crippen MR) is 143 cm³/mol. The molecule has 0 fully saturated rings. The first-order valence-corrected chi connectivity index (χ1v) is 13.0. The van der Waals surface area contributed by atoms with Gasteiger partial charge in [-0.3, -0.25) is 18.6 Å². The van der Waals surface area contributed by atoms with Crippen LogP contribution in [0.5, 0.6) is 5.75 Å². The zero-order chi connectivity index (χ0) is 26.7. The lowest BCUT2D eigenvalue weighted by Crippen LogP contribution is -2.39. The molecule has 1 aromatic heterocycles. The SMILES string of the molecule is COc1ccc(Cl)cc1N(CC(=O)Nc1c(C)n(C)n(-c2ccccc2)c1=O)S(=O)(=O)c1ccccc1. The summed E-state index contributed by atoms with van der Waals surface area (Å²) in [7, 11) is -1.13. The highest BCUT2D eigenvalue weighted by atomic mass is 35.5. The zero-order valence-corrected chi connectivity index (χ0v) is 22.0. The first-order valence-electron chi connectivity index (χ1n) is 11.2. The molecule has 1 amide bonds. The van der Waals surface area contributed by atoms with Crippen LogP contribution in [0.3, 0.4) is 0 Å². The van der Waals surface area contributed by atoms with E-state index in [9.17, 15) is 18.0 Å². The van der Waals surface area contributed by atoms with E-state index >= 15 is 0 Å². The number of sulfonamides is 1. The largest absolute Gasteiger partial charge is 0.495 e. The Labute approximate surface area is 219 Å². The molecule has 0 saturated heterocycles. The second kappa shape index (κ2) is 10.5. The predicted octanol–water partition coefficient (Wildman–Crippen LogP) is 3.98. The Morgan fingerprint density at radius 1 is 1.03 bits per heavy atom. The average molecular weight is 541 g/mol. The lowest BCUT2D eigenvalue weighted by molar-refractivity contribution is -0.114. The van der Waals surface area contributed by atoms with Gasteiger partial charge in [-0.05, 0) is 49.4 Å². The minimum Gasteiger partial charge on any atom is -0.495 e. The Balaban J connectivity index is 1.74. The van der Waals surface area contributed by atoms with E-state index < -0.39 is 28.0 Å². The van der Waals surface area contributed by atoms with Gasteiger partial charge in [-0.25, -0.2) is 13.1 Å². The lowest BCUT2D eigenvalue weighted by atomic mass is 10.3. The molecule has 4 rings (SSSR count). The molecule has 1 N–H and O–H groups in total. The molecule has 0 saturated carbocycles. The molecule has 0 bridgehead atoms. The van der Waals surface area contributed by atoms with E-state index in [1.54, 1.807) is 67.2 Å². The number of para-hydroxylation sites is 1. The number of nitrogens with one attached hydrogen (secondary N) is 1. The number of carbonyl (C=O) groups is 1. The van der Waals surface area contributed by atoms with Gasteiger partial charge in [-0.15, -0.1) is 0 Å². The van der Waals surface area contributed by atoms with Gasteiger partial charge in [0.15, 0.2) is 0 Å². The van der Waals surface area contributed by atoms with Gasteiger partial charge in [0.25, 0.3) is 15.6 Å². The highest BCUT2D eigenvalue weighted by molar-refractivity contribution is 7.92. The van der Waals surface area contributed by atoms with Crippen LogP contribution in [-0.2, 0) is 21.9 Å². The number of halogens is 1. The van der Waals surface area contributed by atoms with Crippen LogP contribution in [0, 0.1) is 6.92 Å². The Hall–Kier alpha value is -4.02. The molecule has 0 unspecified atom stereocenters. The molecule has 0 aliphatic rings. The number of nitrogens with zero attached hydrogens (tertiary/aromatic N) is 3. The van der Waals surface area contributed by atoms with Crippen molar-refractivity contribution in [1.82, 2.24) is 9.36 Å². The van der Waals surface area contributed by atoms with Crippen LogP contribution in [0.2, 0.25) is 5.02 Å². The van der Waals surface area contributed by atoms with Crippen molar-refractivity contribution in [2.45, 2.75) is 11.8 Å². The van der Waals surface area contributed by atoms with Gasteiger partial charge in [0, 0.05) is 12.1 Å². The molecule has 0 atom stereocenters. The normalized spacial score (nSPS) is 11.2. The Kier molecular flexibility index (Phi) is 7.42. The molecule has 0 aliphatic heterocycles. The van der Waals surface area contributed by atoms with Crippen molar-refractivity contribution >= 4 is 38.9 Å². The van der Waals surface area contributed by atoms with E-state index in [1.807, 2.05) is 6.07 Å². The van der Waals surface area contributed by atoms with Crippen LogP contribution >= 0.6 is 11.6 Å². The van der Waals surface area contributed by atoms with Crippen LogP contribution in [0.4, 0.5) is 11.4 Å². The van der Waals surface area contributed by atoms with E-state index in [4.69, 9.17) is 16.3 Å². The number of anilines is 2. The minimum absolute atomic E-state index is 0.0212. The summed E-state index contributed by atoms with van der Waals surface area (Å²) in [6.45, 7) is 1.06. The fourth-order valence-corrected chi connectivity index (χ4v) is 5.51. The summed E-state index contributed by atoms with van der Waals surface area (Å²) in [5.74, 6) is -0.508. The monoisotopic (exact) mass is 540 g/mol. The maximum Gasteiger partial charge on any atom is 0.295 e. The van der Waals surface area contributed by atoms with Crippen LogP contribution < -0.4 is 19.9 Å². The zero-order valence-electron chi connectivity index (χ0n) is 20.4. The fourth-order valence-electron chi connectivity index (χ4n) is 3.90. The van der Waals surface area contributed by atoms with E-state index in [0.29, 0.717) is 11.4 Å². The van der Waals surface area contributed by atoms with Crippen molar-refractivity contribution in [3.05, 3.63) is 99.9 Å². The average Bonchev–Trinajstić information content (AvgIpc) is 3.11. The molecule has 192 valence electrons. The van der Waals surface area contributed by atoms with Crippen molar-refractivity contribution in [3.8, 4) is 11.4 Å². The van der Waals surface area contributed by atoms with Crippen molar-refractivity contribution in [3.63, 3.8) is 0 Å². The van der Waals surface area contributed by atoms with Crippen LogP contribution in [0.25, 0.3) is 5.69 Å². The van der Waals surface area contributed by atoms with E-state index in [1.165, 1.54) is 36.1 Å². The molecule has 4 aromatic rings. The third kappa shape index (κ3) is 5.11. The number of methoxy groups -OCH3 is 1. The highest BCUT2D eigenvalue weighted by Gasteiger charge is 2.30. The number of ether oxygens (including phenoxy) is 1. The van der Waals surface area contributed by atoms with Crippen molar-refractivity contribution in [1.29, 1.82) is 0 Å². The van der Waals surface area contributed by atoms with Crippen LogP contribution in [0.15, 0.2) is 88.6 Å². The molecule has 0 radical (unpaired) electrons. The number of amides is 1. The number of hydrogen-bond acceptors (Lipinski definition) is 5. The maximum atomic E-state index is 13.7. The number of hydrogen-bond donors (Lipinski definition) is 1. The van der Waals surface area contributed by atoms with Gasteiger partial charge in [0.1, 0.15) is 18.0 Å². The van der Waals surface area contributed by atoms with E-state index in [0.717, 1.165) is 4.31 Å². The standard InChI is InChI=1S/C26H25ClN4O5S/c1-18-25(26(33)31(29(18)2)20-10-6-4-7-11-20)28-24(32)17-30(22-16-19(27)14-15-23(22)36-3)37(34,35)21-12-8-5-9-13-21/h4-16H,17H2,1-3H3,(H,28,32). The van der Waals surface area contributed by atoms with Gasteiger partial charge in [-0.2, -0.15) is 0 Å². The Bertz CT molecular complexity index is 1600. The number of carbonyl (C=O) groups excluding carboxylic acids is 1. The van der Waals surface area contributed by atoms with Gasteiger partial charge in [-0.1, -0.05) is 48.0 Å². The van der Waals surface area contributed by atoms with Gasteiger partial charge < -0.3 is 10.1 Å². The first-order chi connectivity index (χ1) is 17.6. The molecule has 1 heterocycles. The molecular formula is C26H25ClN4O5S. The second-order valence-corrected chi connectivity index (χ2v) is 10.4. The molecule has 0 spiro atoms. The summed E-state index contributed by atoms with van der Waals surface area (Å²) in [5, 5.41) is 2.87. The molecule has 3 aromatic carbocycles. The van der Waals surface area contributed by atoms with Crippen LogP contribution in [-0.4, -0.2) is 37.3 Å². The van der Waals surface area contributed by atoms with E-state index in [2.05, 4.69) is 5.32 Å². The van der Waals surface area contributed by atoms with Crippen LogP contribution in [0.1, 0.15) is 5.69 Å². The Morgan fingerprint density at radius 3 is 2.27 bits per heavy atom. The maximum absolute atomic E-state index is 13.7. The number of rotatable bonds is 8. The highest BCUT2D eigenvalue weighted by Crippen LogP contribution is 2.34.